The van der Waals surface area contributed by atoms with Crippen LogP contribution in [0.15, 0.2) is 30.3 Å². The highest BCUT2D eigenvalue weighted by molar-refractivity contribution is 5.82. The lowest BCUT2D eigenvalue weighted by molar-refractivity contribution is -0.176. The van der Waals surface area contributed by atoms with Gasteiger partial charge in [0.1, 0.15) is 5.60 Å². The number of hydrogen-bond donors (Lipinski definition) is 1. The highest BCUT2D eigenvalue weighted by Crippen LogP contribution is 2.22. The first-order valence-corrected chi connectivity index (χ1v) is 6.88. The van der Waals surface area contributed by atoms with Crippen molar-refractivity contribution < 1.29 is 29.0 Å². The highest BCUT2D eigenvalue weighted by Gasteiger charge is 2.30. The van der Waals surface area contributed by atoms with Crippen molar-refractivity contribution in [2.24, 2.45) is 0 Å². The Morgan fingerprint density at radius 3 is 2.18 bits per heavy atom. The SMILES string of the molecule is CC(C)(C)OC(=O)C(OC(=O)CCC(=O)O)c1ccccc1. The van der Waals surface area contributed by atoms with Crippen LogP contribution >= 0.6 is 0 Å². The van der Waals surface area contributed by atoms with Crippen molar-refractivity contribution in [3.05, 3.63) is 35.9 Å². The number of rotatable bonds is 6. The summed E-state index contributed by atoms with van der Waals surface area (Å²) in [4.78, 5) is 34.4. The van der Waals surface area contributed by atoms with E-state index < -0.39 is 29.6 Å². The van der Waals surface area contributed by atoms with Gasteiger partial charge in [0.25, 0.3) is 0 Å². The average Bonchev–Trinajstić information content (AvgIpc) is 2.41. The van der Waals surface area contributed by atoms with E-state index in [1.165, 1.54) is 0 Å². The maximum Gasteiger partial charge on any atom is 0.352 e. The Labute approximate surface area is 129 Å². The van der Waals surface area contributed by atoms with Gasteiger partial charge >= 0.3 is 17.9 Å². The van der Waals surface area contributed by atoms with E-state index in [1.807, 2.05) is 0 Å². The Morgan fingerprint density at radius 1 is 1.09 bits per heavy atom. The summed E-state index contributed by atoms with van der Waals surface area (Å²) < 4.78 is 10.4. The summed E-state index contributed by atoms with van der Waals surface area (Å²) in [5.41, 5.74) is -0.252. The number of hydrogen-bond acceptors (Lipinski definition) is 5. The second-order valence-electron chi connectivity index (χ2n) is 5.71. The van der Waals surface area contributed by atoms with Gasteiger partial charge in [-0.25, -0.2) is 4.79 Å². The first-order chi connectivity index (χ1) is 10.2. The zero-order chi connectivity index (χ0) is 16.8. The second kappa shape index (κ2) is 7.59. The third-order valence-corrected chi connectivity index (χ3v) is 2.52. The Kier molecular flexibility index (Phi) is 6.10. The van der Waals surface area contributed by atoms with Crippen molar-refractivity contribution in [3.63, 3.8) is 0 Å². The molecule has 6 nitrogen and oxygen atoms in total. The van der Waals surface area contributed by atoms with Gasteiger partial charge in [-0.05, 0) is 20.8 Å². The van der Waals surface area contributed by atoms with Crippen molar-refractivity contribution in [2.45, 2.75) is 45.3 Å². The summed E-state index contributed by atoms with van der Waals surface area (Å²) in [5, 5.41) is 8.58. The monoisotopic (exact) mass is 308 g/mol. The summed E-state index contributed by atoms with van der Waals surface area (Å²) >= 11 is 0. The Hall–Kier alpha value is -2.37. The van der Waals surface area contributed by atoms with Crippen molar-refractivity contribution in [3.8, 4) is 0 Å². The van der Waals surface area contributed by atoms with Crippen molar-refractivity contribution in [2.75, 3.05) is 0 Å². The predicted octanol–water partition coefficient (Wildman–Crippen LogP) is 2.48. The molecule has 22 heavy (non-hydrogen) atoms. The smallest absolute Gasteiger partial charge is 0.352 e. The van der Waals surface area contributed by atoms with E-state index in [0.29, 0.717) is 5.56 Å². The molecule has 0 amide bonds. The molecule has 0 aliphatic heterocycles. The zero-order valence-corrected chi connectivity index (χ0v) is 12.9. The van der Waals surface area contributed by atoms with Gasteiger partial charge in [0, 0.05) is 5.56 Å². The number of esters is 2. The lowest BCUT2D eigenvalue weighted by Gasteiger charge is -2.24. The molecule has 0 aliphatic rings. The van der Waals surface area contributed by atoms with Crippen LogP contribution in [0.25, 0.3) is 0 Å². The van der Waals surface area contributed by atoms with Gasteiger partial charge in [0.05, 0.1) is 12.8 Å². The van der Waals surface area contributed by atoms with Crippen LogP contribution in [0.4, 0.5) is 0 Å². The molecule has 1 unspecified atom stereocenters. The number of benzene rings is 1. The largest absolute Gasteiger partial charge is 0.481 e. The molecule has 1 atom stereocenters. The topological polar surface area (TPSA) is 89.9 Å². The molecular formula is C16H20O6. The van der Waals surface area contributed by atoms with E-state index in [0.717, 1.165) is 0 Å². The van der Waals surface area contributed by atoms with Crippen LogP contribution in [0.3, 0.4) is 0 Å². The number of carbonyl (C=O) groups is 3. The van der Waals surface area contributed by atoms with Gasteiger partial charge < -0.3 is 14.6 Å². The summed E-state index contributed by atoms with van der Waals surface area (Å²) in [6.45, 7) is 5.12. The molecule has 0 spiro atoms. The van der Waals surface area contributed by atoms with Gasteiger partial charge in [0.15, 0.2) is 0 Å². The summed E-state index contributed by atoms with van der Waals surface area (Å²) in [6, 6.07) is 8.45. The molecular weight excluding hydrogens is 288 g/mol. The van der Waals surface area contributed by atoms with E-state index in [-0.39, 0.29) is 12.8 Å². The lowest BCUT2D eigenvalue weighted by atomic mass is 10.1. The molecule has 0 saturated carbocycles. The van der Waals surface area contributed by atoms with Crippen LogP contribution in [-0.4, -0.2) is 28.6 Å². The van der Waals surface area contributed by atoms with Gasteiger partial charge in [-0.1, -0.05) is 30.3 Å². The molecule has 0 fully saturated rings. The molecule has 1 rings (SSSR count). The number of aliphatic carboxylic acids is 1. The molecule has 0 bridgehead atoms. The standard InChI is InChI=1S/C16H20O6/c1-16(2,3)22-15(20)14(11-7-5-4-6-8-11)21-13(19)10-9-12(17)18/h4-8,14H,9-10H2,1-3H3,(H,17,18). The van der Waals surface area contributed by atoms with E-state index in [1.54, 1.807) is 51.1 Å². The van der Waals surface area contributed by atoms with Crippen molar-refractivity contribution in [1.82, 2.24) is 0 Å². The predicted molar refractivity (Wildman–Crippen MR) is 78.0 cm³/mol. The fourth-order valence-electron chi connectivity index (χ4n) is 1.63. The number of carboxylic acid groups (broad SMARTS) is 1. The zero-order valence-electron chi connectivity index (χ0n) is 12.9. The van der Waals surface area contributed by atoms with Crippen LogP contribution < -0.4 is 0 Å². The first-order valence-electron chi connectivity index (χ1n) is 6.88. The van der Waals surface area contributed by atoms with Crippen LogP contribution in [-0.2, 0) is 23.9 Å². The average molecular weight is 308 g/mol. The minimum Gasteiger partial charge on any atom is -0.481 e. The van der Waals surface area contributed by atoms with Crippen LogP contribution in [0.2, 0.25) is 0 Å². The minimum absolute atomic E-state index is 0.304. The molecule has 1 aromatic rings. The normalized spacial score (nSPS) is 12.3. The Bertz CT molecular complexity index is 529. The van der Waals surface area contributed by atoms with Crippen LogP contribution in [0.5, 0.6) is 0 Å². The molecule has 0 aromatic heterocycles. The quantitative estimate of drug-likeness (QED) is 0.812. The Morgan fingerprint density at radius 2 is 1.68 bits per heavy atom. The lowest BCUT2D eigenvalue weighted by Crippen LogP contribution is -2.30. The molecule has 0 aliphatic carbocycles. The van der Waals surface area contributed by atoms with Crippen LogP contribution in [0.1, 0.15) is 45.3 Å². The molecule has 0 heterocycles. The maximum atomic E-state index is 12.2. The van der Waals surface area contributed by atoms with E-state index in [2.05, 4.69) is 0 Å². The van der Waals surface area contributed by atoms with Crippen molar-refractivity contribution >= 4 is 17.9 Å². The molecule has 0 radical (unpaired) electrons. The fraction of sp³-hybridized carbons (Fsp3) is 0.438. The van der Waals surface area contributed by atoms with Crippen LogP contribution in [0, 0.1) is 0 Å². The minimum atomic E-state index is -1.21. The van der Waals surface area contributed by atoms with Gasteiger partial charge in [-0.3, -0.25) is 9.59 Å². The second-order valence-corrected chi connectivity index (χ2v) is 5.71. The third-order valence-electron chi connectivity index (χ3n) is 2.52. The third kappa shape index (κ3) is 6.39. The molecule has 120 valence electrons. The van der Waals surface area contributed by atoms with E-state index >= 15 is 0 Å². The Balaban J connectivity index is 2.86. The van der Waals surface area contributed by atoms with Gasteiger partial charge in [-0.2, -0.15) is 0 Å². The van der Waals surface area contributed by atoms with E-state index in [9.17, 15) is 14.4 Å². The number of carboxylic acids is 1. The molecule has 1 N–H and O–H groups in total. The van der Waals surface area contributed by atoms with E-state index in [4.69, 9.17) is 14.6 Å². The molecule has 0 saturated heterocycles. The highest BCUT2D eigenvalue weighted by atomic mass is 16.6. The fourth-order valence-corrected chi connectivity index (χ4v) is 1.63. The number of ether oxygens (including phenoxy) is 2. The molecule has 6 heteroatoms. The van der Waals surface area contributed by atoms with Crippen molar-refractivity contribution in [1.29, 1.82) is 0 Å². The number of carbonyl (C=O) groups excluding carboxylic acids is 2. The summed E-state index contributed by atoms with van der Waals surface area (Å²) in [7, 11) is 0. The maximum absolute atomic E-state index is 12.2. The summed E-state index contributed by atoms with van der Waals surface area (Å²) in [5.74, 6) is -2.56. The van der Waals surface area contributed by atoms with Gasteiger partial charge in [0.2, 0.25) is 6.10 Å². The van der Waals surface area contributed by atoms with Gasteiger partial charge in [-0.15, -0.1) is 0 Å². The first kappa shape index (κ1) is 17.7. The molecule has 1 aromatic carbocycles. The summed E-state index contributed by atoms with van der Waals surface area (Å²) in [6.07, 6.45) is -1.86.